The van der Waals surface area contributed by atoms with E-state index in [-0.39, 0.29) is 12.0 Å². The molecule has 0 bridgehead atoms. The molecule has 0 spiro atoms. The average Bonchev–Trinajstić information content (AvgIpc) is 2.84. The van der Waals surface area contributed by atoms with Gasteiger partial charge in [-0.05, 0) is 35.0 Å². The molecule has 2 N–H and O–H groups in total. The molecule has 16 heavy (non-hydrogen) atoms. The van der Waals surface area contributed by atoms with Crippen LogP contribution in [-0.4, -0.2) is 16.2 Å². The van der Waals surface area contributed by atoms with Gasteiger partial charge in [-0.25, -0.2) is 0 Å². The van der Waals surface area contributed by atoms with E-state index >= 15 is 0 Å². The molecular weight excluding hydrogens is 290 g/mol. The van der Waals surface area contributed by atoms with E-state index in [0.717, 1.165) is 8.66 Å². The van der Waals surface area contributed by atoms with Gasteiger partial charge >= 0.3 is 0 Å². The molecule has 0 fully saturated rings. The maximum atomic E-state index is 5.79. The number of hydrogen-bond donors (Lipinski definition) is 1. The maximum Gasteiger partial charge on any atom is 0.231 e. The number of rotatable bonds is 3. The second kappa shape index (κ2) is 4.65. The largest absolute Gasteiger partial charge is 0.339 e. The van der Waals surface area contributed by atoms with Gasteiger partial charge in [0.05, 0.1) is 14.6 Å². The molecule has 2 heterocycles. The molecule has 2 unspecified atom stereocenters. The number of halogens is 1. The third kappa shape index (κ3) is 2.34. The van der Waals surface area contributed by atoms with Gasteiger partial charge in [-0.2, -0.15) is 4.98 Å². The molecule has 0 aliphatic rings. The zero-order chi connectivity index (χ0) is 11.7. The fraction of sp³-hybridized carbons (Fsp3) is 0.400. The first-order chi connectivity index (χ1) is 7.58. The molecule has 0 aromatic carbocycles. The lowest BCUT2D eigenvalue weighted by Gasteiger charge is -2.09. The van der Waals surface area contributed by atoms with E-state index in [0.29, 0.717) is 11.7 Å². The van der Waals surface area contributed by atoms with E-state index in [1.807, 2.05) is 26.0 Å². The number of aromatic nitrogens is 2. The van der Waals surface area contributed by atoms with Crippen LogP contribution < -0.4 is 5.73 Å². The quantitative estimate of drug-likeness (QED) is 0.946. The molecule has 4 nitrogen and oxygen atoms in total. The van der Waals surface area contributed by atoms with Crippen LogP contribution in [0.1, 0.15) is 25.7 Å². The van der Waals surface area contributed by atoms with Gasteiger partial charge in [0.15, 0.2) is 0 Å². The molecule has 86 valence electrons. The van der Waals surface area contributed by atoms with Crippen LogP contribution >= 0.6 is 27.3 Å². The Hall–Kier alpha value is -0.720. The molecule has 0 radical (unpaired) electrons. The minimum Gasteiger partial charge on any atom is -0.339 e. The van der Waals surface area contributed by atoms with Crippen LogP contribution in [0.3, 0.4) is 0 Å². The Kier molecular flexibility index (Phi) is 3.41. The molecule has 0 saturated heterocycles. The van der Waals surface area contributed by atoms with E-state index in [2.05, 4.69) is 26.1 Å². The molecule has 0 aliphatic heterocycles. The van der Waals surface area contributed by atoms with E-state index in [1.54, 1.807) is 11.3 Å². The normalized spacial score (nSPS) is 15.0. The Morgan fingerprint density at radius 3 is 2.75 bits per heavy atom. The lowest BCUT2D eigenvalue weighted by Crippen LogP contribution is -2.22. The monoisotopic (exact) mass is 301 g/mol. The summed E-state index contributed by atoms with van der Waals surface area (Å²) in [6.07, 6.45) is 0. The minimum absolute atomic E-state index is 0.00312. The SMILES string of the molecule is CC(N)C(C)c1nc(-c2ccc(Br)s2)no1. The number of nitrogens with zero attached hydrogens (tertiary/aromatic N) is 2. The first kappa shape index (κ1) is 11.8. The third-order valence-electron chi connectivity index (χ3n) is 2.41. The molecule has 0 amide bonds. The second-order valence-corrected chi connectivity index (χ2v) is 6.17. The highest BCUT2D eigenvalue weighted by molar-refractivity contribution is 9.11. The van der Waals surface area contributed by atoms with Gasteiger partial charge in [0.1, 0.15) is 0 Å². The van der Waals surface area contributed by atoms with Gasteiger partial charge in [0.25, 0.3) is 0 Å². The summed E-state index contributed by atoms with van der Waals surface area (Å²) in [4.78, 5) is 5.33. The molecule has 0 aliphatic carbocycles. The Morgan fingerprint density at radius 2 is 2.19 bits per heavy atom. The topological polar surface area (TPSA) is 64.9 Å². The number of nitrogens with two attached hydrogens (primary N) is 1. The van der Waals surface area contributed by atoms with Crippen molar-refractivity contribution >= 4 is 27.3 Å². The van der Waals surface area contributed by atoms with Crippen LogP contribution in [0.2, 0.25) is 0 Å². The average molecular weight is 302 g/mol. The molecule has 6 heteroatoms. The van der Waals surface area contributed by atoms with Crippen LogP contribution in [0.15, 0.2) is 20.4 Å². The Balaban J connectivity index is 2.26. The summed E-state index contributed by atoms with van der Waals surface area (Å²) in [5, 5.41) is 3.95. The molecule has 2 aromatic rings. The van der Waals surface area contributed by atoms with Crippen molar-refractivity contribution in [3.8, 4) is 10.7 Å². The van der Waals surface area contributed by atoms with Crippen molar-refractivity contribution in [2.75, 3.05) is 0 Å². The molecular formula is C10H12BrN3OS. The minimum atomic E-state index is 0.00312. The fourth-order valence-electron chi connectivity index (χ4n) is 1.18. The highest BCUT2D eigenvalue weighted by atomic mass is 79.9. The molecule has 2 rings (SSSR count). The van der Waals surface area contributed by atoms with Crippen LogP contribution in [0.4, 0.5) is 0 Å². The van der Waals surface area contributed by atoms with Crippen LogP contribution in [0.5, 0.6) is 0 Å². The Labute approximate surface area is 106 Å². The zero-order valence-electron chi connectivity index (χ0n) is 8.98. The summed E-state index contributed by atoms with van der Waals surface area (Å²) in [7, 11) is 0. The van der Waals surface area contributed by atoms with Gasteiger partial charge < -0.3 is 10.3 Å². The smallest absolute Gasteiger partial charge is 0.231 e. The summed E-state index contributed by atoms with van der Waals surface area (Å²) >= 11 is 4.98. The molecule has 2 atom stereocenters. The van der Waals surface area contributed by atoms with E-state index in [9.17, 15) is 0 Å². The maximum absolute atomic E-state index is 5.79. The lowest BCUT2D eigenvalue weighted by molar-refractivity contribution is 0.347. The third-order valence-corrected chi connectivity index (χ3v) is 4.03. The standard InChI is InChI=1S/C10H12BrN3OS/c1-5(6(2)12)10-13-9(14-15-10)7-3-4-8(11)16-7/h3-6H,12H2,1-2H3. The highest BCUT2D eigenvalue weighted by Crippen LogP contribution is 2.30. The van der Waals surface area contributed by atoms with Gasteiger partial charge in [-0.1, -0.05) is 12.1 Å². The van der Waals surface area contributed by atoms with Crippen LogP contribution in [-0.2, 0) is 0 Å². The van der Waals surface area contributed by atoms with E-state index in [1.165, 1.54) is 0 Å². The first-order valence-corrected chi connectivity index (χ1v) is 6.53. The summed E-state index contributed by atoms with van der Waals surface area (Å²) in [6, 6.07) is 3.92. The summed E-state index contributed by atoms with van der Waals surface area (Å²) < 4.78 is 6.25. The van der Waals surface area contributed by atoms with Crippen molar-refractivity contribution in [3.05, 3.63) is 21.8 Å². The number of hydrogen-bond acceptors (Lipinski definition) is 5. The van der Waals surface area contributed by atoms with Crippen LogP contribution in [0.25, 0.3) is 10.7 Å². The summed E-state index contributed by atoms with van der Waals surface area (Å²) in [6.45, 7) is 3.91. The predicted octanol–water partition coefficient (Wildman–Crippen LogP) is 3.01. The Bertz CT molecular complexity index is 480. The fourth-order valence-corrected chi connectivity index (χ4v) is 2.49. The van der Waals surface area contributed by atoms with Gasteiger partial charge in [-0.3, -0.25) is 0 Å². The van der Waals surface area contributed by atoms with Crippen LogP contribution in [0, 0.1) is 0 Å². The number of thiophene rings is 1. The lowest BCUT2D eigenvalue weighted by atomic mass is 10.1. The van der Waals surface area contributed by atoms with Crippen molar-refractivity contribution in [2.24, 2.45) is 5.73 Å². The molecule has 0 saturated carbocycles. The highest BCUT2D eigenvalue weighted by Gasteiger charge is 2.18. The van der Waals surface area contributed by atoms with Crippen molar-refractivity contribution in [2.45, 2.75) is 25.8 Å². The summed E-state index contributed by atoms with van der Waals surface area (Å²) in [5.41, 5.74) is 5.79. The van der Waals surface area contributed by atoms with Crippen molar-refractivity contribution in [3.63, 3.8) is 0 Å². The van der Waals surface area contributed by atoms with Crippen molar-refractivity contribution in [1.82, 2.24) is 10.1 Å². The van der Waals surface area contributed by atoms with E-state index in [4.69, 9.17) is 10.3 Å². The predicted molar refractivity (Wildman–Crippen MR) is 67.4 cm³/mol. The van der Waals surface area contributed by atoms with Gasteiger partial charge in [0.2, 0.25) is 11.7 Å². The van der Waals surface area contributed by atoms with Gasteiger partial charge in [0, 0.05) is 6.04 Å². The second-order valence-electron chi connectivity index (χ2n) is 3.71. The van der Waals surface area contributed by atoms with E-state index < -0.39 is 0 Å². The summed E-state index contributed by atoms with van der Waals surface area (Å²) in [5.74, 6) is 1.29. The zero-order valence-corrected chi connectivity index (χ0v) is 11.4. The van der Waals surface area contributed by atoms with Crippen molar-refractivity contribution in [1.29, 1.82) is 0 Å². The Morgan fingerprint density at radius 1 is 1.44 bits per heavy atom. The first-order valence-electron chi connectivity index (χ1n) is 4.93. The van der Waals surface area contributed by atoms with Gasteiger partial charge in [-0.15, -0.1) is 11.3 Å². The molecule has 2 aromatic heterocycles. The van der Waals surface area contributed by atoms with Crippen molar-refractivity contribution < 1.29 is 4.52 Å².